The van der Waals surface area contributed by atoms with Crippen molar-refractivity contribution >= 4 is 22.9 Å². The van der Waals surface area contributed by atoms with Crippen LogP contribution >= 0.6 is 0 Å². The zero-order chi connectivity index (χ0) is 14.7. The van der Waals surface area contributed by atoms with Crippen LogP contribution in [0.2, 0.25) is 0 Å². The summed E-state index contributed by atoms with van der Waals surface area (Å²) in [5.41, 5.74) is 7.18. The molecule has 0 aliphatic heterocycles. The van der Waals surface area contributed by atoms with Gasteiger partial charge in [-0.05, 0) is 43.2 Å². The van der Waals surface area contributed by atoms with E-state index in [-0.39, 0.29) is 0 Å². The van der Waals surface area contributed by atoms with Gasteiger partial charge in [0.25, 0.3) is 0 Å². The van der Waals surface area contributed by atoms with Crippen molar-refractivity contribution < 1.29 is 0 Å². The number of rotatable bonds is 3. The molecule has 4 heteroatoms. The molecule has 21 heavy (non-hydrogen) atoms. The summed E-state index contributed by atoms with van der Waals surface area (Å²) in [7, 11) is 0. The Morgan fingerprint density at radius 1 is 1.14 bits per heavy atom. The third-order valence-electron chi connectivity index (χ3n) is 3.23. The Kier molecular flexibility index (Phi) is 3.60. The normalized spacial score (nSPS) is 11.1. The van der Waals surface area contributed by atoms with Gasteiger partial charge in [-0.15, -0.1) is 0 Å². The fourth-order valence-corrected chi connectivity index (χ4v) is 2.12. The highest BCUT2D eigenvalue weighted by molar-refractivity contribution is 5.83. The van der Waals surface area contributed by atoms with Crippen molar-refractivity contribution in [1.29, 1.82) is 0 Å². The molecule has 3 rings (SSSR count). The summed E-state index contributed by atoms with van der Waals surface area (Å²) in [6, 6.07) is 12.2. The van der Waals surface area contributed by atoms with E-state index in [1.807, 2.05) is 19.1 Å². The third kappa shape index (κ3) is 3.05. The highest BCUT2D eigenvalue weighted by Crippen LogP contribution is 2.20. The van der Waals surface area contributed by atoms with Crippen molar-refractivity contribution in [3.63, 3.8) is 0 Å². The molecule has 0 atom stereocenters. The van der Waals surface area contributed by atoms with E-state index in [1.165, 1.54) is 5.56 Å². The van der Waals surface area contributed by atoms with Crippen molar-refractivity contribution in [3.05, 3.63) is 65.5 Å². The maximum atomic E-state index is 4.63. The Hall–Kier alpha value is -2.75. The molecule has 0 saturated heterocycles. The molecule has 0 fully saturated rings. The topological polar surface area (TPSA) is 50.2 Å². The summed E-state index contributed by atoms with van der Waals surface area (Å²) < 4.78 is 0. The van der Waals surface area contributed by atoms with E-state index < -0.39 is 0 Å². The standard InChI is InChI=1S/C17H16N4/c1-12-5-6-15-9-13(2)17(20-16(15)8-12)21-19-11-14-4-3-7-18-10-14/h3-11H,1-2H3,(H,20,21)/b19-11+. The molecule has 0 amide bonds. The van der Waals surface area contributed by atoms with Gasteiger partial charge in [0.05, 0.1) is 11.7 Å². The van der Waals surface area contributed by atoms with Gasteiger partial charge in [0.1, 0.15) is 5.82 Å². The van der Waals surface area contributed by atoms with Crippen molar-refractivity contribution in [2.24, 2.45) is 5.10 Å². The van der Waals surface area contributed by atoms with Crippen molar-refractivity contribution in [2.45, 2.75) is 13.8 Å². The van der Waals surface area contributed by atoms with Crippen LogP contribution in [0.1, 0.15) is 16.7 Å². The Labute approximate surface area is 123 Å². The highest BCUT2D eigenvalue weighted by Gasteiger charge is 2.02. The van der Waals surface area contributed by atoms with E-state index in [4.69, 9.17) is 0 Å². The van der Waals surface area contributed by atoms with Crippen LogP contribution in [-0.4, -0.2) is 16.2 Å². The summed E-state index contributed by atoms with van der Waals surface area (Å²) in [5.74, 6) is 0.772. The summed E-state index contributed by atoms with van der Waals surface area (Å²) in [4.78, 5) is 8.67. The first-order chi connectivity index (χ1) is 10.2. The molecule has 0 bridgehead atoms. The minimum Gasteiger partial charge on any atom is -0.264 e. The van der Waals surface area contributed by atoms with Gasteiger partial charge >= 0.3 is 0 Å². The minimum atomic E-state index is 0.772. The molecule has 2 aromatic heterocycles. The maximum Gasteiger partial charge on any atom is 0.149 e. The average Bonchev–Trinajstić information content (AvgIpc) is 2.49. The SMILES string of the molecule is Cc1ccc2cc(C)c(N/N=C/c3cccnc3)nc2c1. The van der Waals surface area contributed by atoms with Crippen LogP contribution in [0.15, 0.2) is 53.9 Å². The van der Waals surface area contributed by atoms with Gasteiger partial charge in [-0.3, -0.25) is 10.4 Å². The Morgan fingerprint density at radius 3 is 2.86 bits per heavy atom. The molecule has 0 aliphatic carbocycles. The first kappa shape index (κ1) is 13.2. The van der Waals surface area contributed by atoms with E-state index in [0.717, 1.165) is 27.8 Å². The van der Waals surface area contributed by atoms with Crippen LogP contribution in [-0.2, 0) is 0 Å². The number of anilines is 1. The van der Waals surface area contributed by atoms with Crippen LogP contribution in [0.5, 0.6) is 0 Å². The number of aryl methyl sites for hydroxylation is 2. The van der Waals surface area contributed by atoms with Crippen LogP contribution in [0.4, 0.5) is 5.82 Å². The molecule has 0 unspecified atom stereocenters. The monoisotopic (exact) mass is 276 g/mol. The average molecular weight is 276 g/mol. The zero-order valence-corrected chi connectivity index (χ0v) is 12.0. The second-order valence-electron chi connectivity index (χ2n) is 5.01. The summed E-state index contributed by atoms with van der Waals surface area (Å²) in [6.07, 6.45) is 5.23. The number of hydrogen-bond donors (Lipinski definition) is 1. The number of nitrogens with one attached hydrogen (secondary N) is 1. The largest absolute Gasteiger partial charge is 0.264 e. The molecule has 0 saturated carbocycles. The van der Waals surface area contributed by atoms with E-state index in [1.54, 1.807) is 18.6 Å². The van der Waals surface area contributed by atoms with Crippen LogP contribution in [0, 0.1) is 13.8 Å². The lowest BCUT2D eigenvalue weighted by Gasteiger charge is -2.07. The fraction of sp³-hybridized carbons (Fsp3) is 0.118. The van der Waals surface area contributed by atoms with Crippen molar-refractivity contribution in [2.75, 3.05) is 5.43 Å². The number of aromatic nitrogens is 2. The van der Waals surface area contributed by atoms with Gasteiger partial charge in [-0.1, -0.05) is 18.2 Å². The Morgan fingerprint density at radius 2 is 2.05 bits per heavy atom. The number of hydrazone groups is 1. The summed E-state index contributed by atoms with van der Waals surface area (Å²) in [5, 5.41) is 5.36. The molecule has 3 aromatic rings. The molecule has 0 radical (unpaired) electrons. The molecule has 0 aliphatic rings. The lowest BCUT2D eigenvalue weighted by molar-refractivity contribution is 1.22. The molecule has 0 spiro atoms. The summed E-state index contributed by atoms with van der Waals surface area (Å²) in [6.45, 7) is 4.09. The number of fused-ring (bicyclic) bond motifs is 1. The van der Waals surface area contributed by atoms with Crippen molar-refractivity contribution in [3.8, 4) is 0 Å². The van der Waals surface area contributed by atoms with Gasteiger partial charge < -0.3 is 0 Å². The molecule has 1 N–H and O–H groups in total. The number of hydrogen-bond acceptors (Lipinski definition) is 4. The van der Waals surface area contributed by atoms with Gasteiger partial charge in [0, 0.05) is 23.3 Å². The first-order valence-corrected chi connectivity index (χ1v) is 6.79. The van der Waals surface area contributed by atoms with Gasteiger partial charge in [-0.25, -0.2) is 4.98 Å². The van der Waals surface area contributed by atoms with Gasteiger partial charge in [-0.2, -0.15) is 5.10 Å². The van der Waals surface area contributed by atoms with E-state index >= 15 is 0 Å². The second kappa shape index (κ2) is 5.71. The van der Waals surface area contributed by atoms with Crippen LogP contribution < -0.4 is 5.43 Å². The zero-order valence-electron chi connectivity index (χ0n) is 12.0. The van der Waals surface area contributed by atoms with Crippen LogP contribution in [0.3, 0.4) is 0 Å². The number of benzene rings is 1. The number of pyridine rings is 2. The molecule has 1 aromatic carbocycles. The second-order valence-corrected chi connectivity index (χ2v) is 5.01. The molecular formula is C17H16N4. The van der Waals surface area contributed by atoms with Gasteiger partial charge in [0.2, 0.25) is 0 Å². The number of nitrogens with zero attached hydrogens (tertiary/aromatic N) is 3. The predicted molar refractivity (Wildman–Crippen MR) is 86.7 cm³/mol. The molecule has 104 valence electrons. The van der Waals surface area contributed by atoms with E-state index in [0.29, 0.717) is 0 Å². The fourth-order valence-electron chi connectivity index (χ4n) is 2.12. The molecule has 2 heterocycles. The lowest BCUT2D eigenvalue weighted by Crippen LogP contribution is -1.97. The quantitative estimate of drug-likeness (QED) is 0.586. The van der Waals surface area contributed by atoms with Crippen LogP contribution in [0.25, 0.3) is 10.9 Å². The molecule has 4 nitrogen and oxygen atoms in total. The summed E-state index contributed by atoms with van der Waals surface area (Å²) >= 11 is 0. The molecular weight excluding hydrogens is 260 g/mol. The first-order valence-electron chi connectivity index (χ1n) is 6.79. The Bertz CT molecular complexity index is 794. The predicted octanol–water partition coefficient (Wildman–Crippen LogP) is 3.69. The van der Waals surface area contributed by atoms with Crippen molar-refractivity contribution in [1.82, 2.24) is 9.97 Å². The lowest BCUT2D eigenvalue weighted by atomic mass is 10.1. The Balaban J connectivity index is 1.86. The van der Waals surface area contributed by atoms with E-state index in [9.17, 15) is 0 Å². The van der Waals surface area contributed by atoms with E-state index in [2.05, 4.69) is 51.7 Å². The third-order valence-corrected chi connectivity index (χ3v) is 3.23. The maximum absolute atomic E-state index is 4.63. The smallest absolute Gasteiger partial charge is 0.149 e. The minimum absolute atomic E-state index is 0.772. The highest BCUT2D eigenvalue weighted by atomic mass is 15.3. The van der Waals surface area contributed by atoms with Gasteiger partial charge in [0.15, 0.2) is 0 Å².